The molecule has 0 aliphatic rings. The fraction of sp³-hybridized carbons (Fsp3) is 0.200. The van der Waals surface area contributed by atoms with Gasteiger partial charge in [-0.2, -0.15) is 0 Å². The summed E-state index contributed by atoms with van der Waals surface area (Å²) in [5, 5.41) is 9.43. The predicted octanol–water partition coefficient (Wildman–Crippen LogP) is 2.31. The monoisotopic (exact) mass is 229 g/mol. The SMILES string of the molecule is Nc1cc(Cl)c(C#CCCO)cc1Cl. The summed E-state index contributed by atoms with van der Waals surface area (Å²) in [6.45, 7) is 0.0350. The van der Waals surface area contributed by atoms with Crippen LogP contribution in [0, 0.1) is 11.8 Å². The van der Waals surface area contributed by atoms with Gasteiger partial charge >= 0.3 is 0 Å². The van der Waals surface area contributed by atoms with Gasteiger partial charge in [-0.25, -0.2) is 0 Å². The number of nitrogens with two attached hydrogens (primary N) is 1. The summed E-state index contributed by atoms with van der Waals surface area (Å²) < 4.78 is 0. The fourth-order valence-corrected chi connectivity index (χ4v) is 1.25. The van der Waals surface area contributed by atoms with E-state index in [9.17, 15) is 0 Å². The largest absolute Gasteiger partial charge is 0.397 e. The molecule has 0 aliphatic heterocycles. The van der Waals surface area contributed by atoms with Crippen molar-refractivity contribution in [2.75, 3.05) is 12.3 Å². The average molecular weight is 230 g/mol. The Morgan fingerprint density at radius 1 is 1.29 bits per heavy atom. The lowest BCUT2D eigenvalue weighted by atomic mass is 10.2. The summed E-state index contributed by atoms with van der Waals surface area (Å²) in [6, 6.07) is 3.18. The van der Waals surface area contributed by atoms with Gasteiger partial charge in [-0.15, -0.1) is 0 Å². The van der Waals surface area contributed by atoms with E-state index in [0.717, 1.165) is 0 Å². The smallest absolute Gasteiger partial charge is 0.0648 e. The van der Waals surface area contributed by atoms with Crippen molar-refractivity contribution in [2.24, 2.45) is 0 Å². The van der Waals surface area contributed by atoms with Gasteiger partial charge in [-0.1, -0.05) is 35.0 Å². The third-order valence-electron chi connectivity index (χ3n) is 1.55. The molecule has 74 valence electrons. The topological polar surface area (TPSA) is 46.2 Å². The van der Waals surface area contributed by atoms with Gasteiger partial charge in [0.2, 0.25) is 0 Å². The van der Waals surface area contributed by atoms with E-state index in [1.165, 1.54) is 0 Å². The maximum atomic E-state index is 8.53. The van der Waals surface area contributed by atoms with E-state index in [0.29, 0.717) is 27.7 Å². The first-order valence-corrected chi connectivity index (χ1v) is 4.75. The van der Waals surface area contributed by atoms with E-state index in [2.05, 4.69) is 11.8 Å². The molecule has 0 amide bonds. The first-order chi connectivity index (χ1) is 6.65. The minimum Gasteiger partial charge on any atom is -0.397 e. The summed E-state index contributed by atoms with van der Waals surface area (Å²) >= 11 is 11.7. The quantitative estimate of drug-likeness (QED) is 0.574. The highest BCUT2D eigenvalue weighted by molar-refractivity contribution is 6.35. The summed E-state index contributed by atoms with van der Waals surface area (Å²) in [5.41, 5.74) is 6.60. The summed E-state index contributed by atoms with van der Waals surface area (Å²) in [6.07, 6.45) is 0.415. The Morgan fingerprint density at radius 2 is 2.00 bits per heavy atom. The molecule has 0 spiro atoms. The van der Waals surface area contributed by atoms with Gasteiger partial charge < -0.3 is 10.8 Å². The number of halogens is 2. The number of rotatable bonds is 1. The zero-order valence-corrected chi connectivity index (χ0v) is 8.86. The minimum absolute atomic E-state index is 0.0350. The Balaban J connectivity index is 3.00. The molecule has 0 fully saturated rings. The maximum absolute atomic E-state index is 8.53. The van der Waals surface area contributed by atoms with Gasteiger partial charge in [-0.3, -0.25) is 0 Å². The van der Waals surface area contributed by atoms with Crippen molar-refractivity contribution in [2.45, 2.75) is 6.42 Å². The van der Waals surface area contributed by atoms with E-state index in [4.69, 9.17) is 34.0 Å². The molecule has 0 saturated carbocycles. The number of anilines is 1. The maximum Gasteiger partial charge on any atom is 0.0648 e. The van der Waals surface area contributed by atoms with Gasteiger partial charge in [0.25, 0.3) is 0 Å². The lowest BCUT2D eigenvalue weighted by Gasteiger charge is -2.00. The molecule has 3 N–H and O–H groups in total. The highest BCUT2D eigenvalue weighted by Gasteiger charge is 2.02. The second kappa shape index (κ2) is 5.11. The van der Waals surface area contributed by atoms with Crippen LogP contribution in [0.2, 0.25) is 10.0 Å². The number of hydrogen-bond acceptors (Lipinski definition) is 2. The van der Waals surface area contributed by atoms with Crippen molar-refractivity contribution >= 4 is 28.9 Å². The Hall–Kier alpha value is -0.880. The number of nitrogen functional groups attached to an aromatic ring is 1. The Labute approximate surface area is 92.6 Å². The van der Waals surface area contributed by atoms with E-state index in [-0.39, 0.29) is 6.61 Å². The van der Waals surface area contributed by atoms with Crippen LogP contribution in [0.25, 0.3) is 0 Å². The van der Waals surface area contributed by atoms with Crippen LogP contribution in [-0.2, 0) is 0 Å². The Morgan fingerprint density at radius 3 is 2.64 bits per heavy atom. The molecule has 0 heterocycles. The van der Waals surface area contributed by atoms with Crippen molar-refractivity contribution in [1.82, 2.24) is 0 Å². The van der Waals surface area contributed by atoms with Crippen LogP contribution in [0.1, 0.15) is 12.0 Å². The van der Waals surface area contributed by atoms with Crippen LogP contribution in [0.5, 0.6) is 0 Å². The normalized spacial score (nSPS) is 9.36. The van der Waals surface area contributed by atoms with Crippen molar-refractivity contribution < 1.29 is 5.11 Å². The predicted molar refractivity (Wildman–Crippen MR) is 59.5 cm³/mol. The zero-order valence-electron chi connectivity index (χ0n) is 7.35. The van der Waals surface area contributed by atoms with Crippen molar-refractivity contribution in [3.63, 3.8) is 0 Å². The first-order valence-electron chi connectivity index (χ1n) is 3.99. The lowest BCUT2D eigenvalue weighted by Crippen LogP contribution is -1.88. The summed E-state index contributed by atoms with van der Waals surface area (Å²) in [7, 11) is 0. The van der Waals surface area contributed by atoms with Crippen molar-refractivity contribution in [3.8, 4) is 11.8 Å². The number of aliphatic hydroxyl groups excluding tert-OH is 1. The van der Waals surface area contributed by atoms with Crippen LogP contribution in [0.15, 0.2) is 12.1 Å². The summed E-state index contributed by atoms with van der Waals surface area (Å²) in [4.78, 5) is 0. The highest BCUT2D eigenvalue weighted by Crippen LogP contribution is 2.26. The lowest BCUT2D eigenvalue weighted by molar-refractivity contribution is 0.305. The molecule has 0 bridgehead atoms. The van der Waals surface area contributed by atoms with Crippen LogP contribution in [-0.4, -0.2) is 11.7 Å². The molecule has 4 heteroatoms. The Kier molecular flexibility index (Phi) is 4.09. The van der Waals surface area contributed by atoms with E-state index in [1.54, 1.807) is 12.1 Å². The molecule has 1 rings (SSSR count). The molecule has 2 nitrogen and oxygen atoms in total. The van der Waals surface area contributed by atoms with Gasteiger partial charge in [0.05, 0.1) is 22.3 Å². The molecule has 0 saturated heterocycles. The van der Waals surface area contributed by atoms with Crippen molar-refractivity contribution in [3.05, 3.63) is 27.7 Å². The van der Waals surface area contributed by atoms with Crippen LogP contribution in [0.4, 0.5) is 5.69 Å². The zero-order chi connectivity index (χ0) is 10.6. The molecule has 1 aromatic rings. The van der Waals surface area contributed by atoms with Crippen molar-refractivity contribution in [1.29, 1.82) is 0 Å². The molecule has 1 aromatic carbocycles. The van der Waals surface area contributed by atoms with E-state index < -0.39 is 0 Å². The second-order valence-electron chi connectivity index (χ2n) is 2.63. The van der Waals surface area contributed by atoms with E-state index in [1.807, 2.05) is 0 Å². The Bertz CT molecular complexity index is 393. The standard InChI is InChI=1S/C10H9Cl2NO/c11-8-6-10(13)9(12)5-7(8)3-1-2-4-14/h5-6,14H,2,4,13H2. The third-order valence-corrected chi connectivity index (χ3v) is 2.19. The second-order valence-corrected chi connectivity index (χ2v) is 3.44. The highest BCUT2D eigenvalue weighted by atomic mass is 35.5. The molecule has 0 aromatic heterocycles. The number of hydrogen-bond donors (Lipinski definition) is 2. The van der Waals surface area contributed by atoms with Crippen LogP contribution >= 0.6 is 23.2 Å². The van der Waals surface area contributed by atoms with Crippen LogP contribution < -0.4 is 5.73 Å². The van der Waals surface area contributed by atoms with Gasteiger partial charge in [0, 0.05) is 12.0 Å². The van der Waals surface area contributed by atoms with Crippen LogP contribution in [0.3, 0.4) is 0 Å². The molecule has 0 radical (unpaired) electrons. The molecular weight excluding hydrogens is 221 g/mol. The molecule has 14 heavy (non-hydrogen) atoms. The summed E-state index contributed by atoms with van der Waals surface area (Å²) in [5.74, 6) is 5.55. The molecule has 0 atom stereocenters. The molecule has 0 aliphatic carbocycles. The average Bonchev–Trinajstić information content (AvgIpc) is 2.14. The van der Waals surface area contributed by atoms with Gasteiger partial charge in [0.15, 0.2) is 0 Å². The molecular formula is C10H9Cl2NO. The van der Waals surface area contributed by atoms with Gasteiger partial charge in [-0.05, 0) is 12.1 Å². The fourth-order valence-electron chi connectivity index (χ4n) is 0.872. The first kappa shape index (κ1) is 11.2. The van der Waals surface area contributed by atoms with E-state index >= 15 is 0 Å². The minimum atomic E-state index is 0.0350. The third kappa shape index (κ3) is 2.81. The number of aliphatic hydroxyl groups is 1. The number of benzene rings is 1. The van der Waals surface area contributed by atoms with Gasteiger partial charge in [0.1, 0.15) is 0 Å². The molecule has 0 unspecified atom stereocenters.